The Morgan fingerprint density at radius 1 is 1.09 bits per heavy atom. The minimum Gasteiger partial charge on any atom is -0.482 e. The molecule has 22 heavy (non-hydrogen) atoms. The van der Waals surface area contributed by atoms with Crippen LogP contribution in [-0.4, -0.2) is 18.1 Å². The first-order valence-corrected chi connectivity index (χ1v) is 7.48. The molecule has 3 rings (SSSR count). The molecule has 4 nitrogen and oxygen atoms in total. The summed E-state index contributed by atoms with van der Waals surface area (Å²) >= 11 is 12.0. The number of rotatable bonds is 2. The fourth-order valence-corrected chi connectivity index (χ4v) is 2.54. The topological polar surface area (TPSA) is 47.6 Å². The van der Waals surface area contributed by atoms with E-state index in [2.05, 4.69) is 5.32 Å². The van der Waals surface area contributed by atoms with Crippen LogP contribution in [0.5, 0.6) is 11.5 Å². The van der Waals surface area contributed by atoms with Gasteiger partial charge in [0.1, 0.15) is 6.10 Å². The summed E-state index contributed by atoms with van der Waals surface area (Å²) in [5.74, 6) is 0.823. The highest BCUT2D eigenvalue weighted by Gasteiger charge is 2.34. The van der Waals surface area contributed by atoms with Crippen LogP contribution in [-0.2, 0) is 4.79 Å². The number of anilines is 1. The Kier molecular flexibility index (Phi) is 4.14. The summed E-state index contributed by atoms with van der Waals surface area (Å²) in [6, 6.07) is 12.1. The number of hydrogen-bond acceptors (Lipinski definition) is 3. The molecule has 1 aliphatic heterocycles. The zero-order valence-electron chi connectivity index (χ0n) is 11.7. The van der Waals surface area contributed by atoms with Gasteiger partial charge in [-0.15, -0.1) is 0 Å². The van der Waals surface area contributed by atoms with Gasteiger partial charge in [0, 0.05) is 5.02 Å². The largest absolute Gasteiger partial charge is 0.482 e. The van der Waals surface area contributed by atoms with Gasteiger partial charge in [-0.05, 0) is 37.3 Å². The van der Waals surface area contributed by atoms with Crippen molar-refractivity contribution in [3.05, 3.63) is 52.5 Å². The maximum absolute atomic E-state index is 12.4. The molecule has 0 bridgehead atoms. The molecule has 1 N–H and O–H groups in total. The van der Waals surface area contributed by atoms with Crippen LogP contribution in [0.25, 0.3) is 0 Å². The monoisotopic (exact) mass is 337 g/mol. The Labute approximate surface area is 137 Å². The van der Waals surface area contributed by atoms with Crippen LogP contribution in [0.1, 0.15) is 6.92 Å². The Morgan fingerprint density at radius 2 is 1.77 bits per heavy atom. The summed E-state index contributed by atoms with van der Waals surface area (Å²) in [6.07, 6.45) is -1.20. The van der Waals surface area contributed by atoms with Gasteiger partial charge in [-0.3, -0.25) is 4.79 Å². The molecular weight excluding hydrogens is 325 g/mol. The van der Waals surface area contributed by atoms with E-state index in [9.17, 15) is 4.79 Å². The molecule has 0 saturated carbocycles. The molecule has 0 saturated heterocycles. The van der Waals surface area contributed by atoms with Crippen LogP contribution >= 0.6 is 23.2 Å². The van der Waals surface area contributed by atoms with E-state index in [0.29, 0.717) is 27.2 Å². The summed E-state index contributed by atoms with van der Waals surface area (Å²) in [4.78, 5) is 12.4. The van der Waals surface area contributed by atoms with Crippen molar-refractivity contribution >= 4 is 34.8 Å². The zero-order valence-corrected chi connectivity index (χ0v) is 13.2. The van der Waals surface area contributed by atoms with Gasteiger partial charge in [-0.2, -0.15) is 0 Å². The van der Waals surface area contributed by atoms with E-state index in [1.54, 1.807) is 37.3 Å². The lowest BCUT2D eigenvalue weighted by molar-refractivity contribution is -0.128. The van der Waals surface area contributed by atoms with Gasteiger partial charge >= 0.3 is 0 Å². The van der Waals surface area contributed by atoms with Crippen LogP contribution in [0, 0.1) is 0 Å². The van der Waals surface area contributed by atoms with Gasteiger partial charge < -0.3 is 14.8 Å². The molecule has 0 fully saturated rings. The Bertz CT molecular complexity index is 720. The van der Waals surface area contributed by atoms with Crippen LogP contribution in [0.2, 0.25) is 10.0 Å². The van der Waals surface area contributed by atoms with Crippen LogP contribution < -0.4 is 14.8 Å². The Balaban J connectivity index is 1.79. The number of benzene rings is 2. The van der Waals surface area contributed by atoms with E-state index >= 15 is 0 Å². The molecule has 6 heteroatoms. The molecule has 2 unspecified atom stereocenters. The van der Waals surface area contributed by atoms with Crippen molar-refractivity contribution < 1.29 is 14.3 Å². The number of carbonyl (C=O) groups is 1. The first-order valence-electron chi connectivity index (χ1n) is 6.73. The van der Waals surface area contributed by atoms with Crippen molar-refractivity contribution in [2.45, 2.75) is 19.1 Å². The van der Waals surface area contributed by atoms with Crippen molar-refractivity contribution in [3.63, 3.8) is 0 Å². The second kappa shape index (κ2) is 6.07. The van der Waals surface area contributed by atoms with E-state index in [1.807, 2.05) is 12.1 Å². The number of fused-ring (bicyclic) bond motifs is 1. The predicted octanol–water partition coefficient (Wildman–Crippen LogP) is 4.16. The van der Waals surface area contributed by atoms with E-state index in [-0.39, 0.29) is 5.91 Å². The van der Waals surface area contributed by atoms with Gasteiger partial charge in [-0.25, -0.2) is 0 Å². The summed E-state index contributed by atoms with van der Waals surface area (Å²) in [5, 5.41) is 3.61. The number of hydrogen-bond donors (Lipinski definition) is 1. The maximum atomic E-state index is 12.4. The zero-order chi connectivity index (χ0) is 15.7. The molecule has 0 spiro atoms. The highest BCUT2D eigenvalue weighted by atomic mass is 35.5. The first kappa shape index (κ1) is 15.0. The minimum atomic E-state index is -0.773. The van der Waals surface area contributed by atoms with Crippen molar-refractivity contribution in [2.75, 3.05) is 5.32 Å². The SMILES string of the molecule is CC1Oc2ccccc2OC1C(=O)Nc1cc(Cl)ccc1Cl. The second-order valence-electron chi connectivity index (χ2n) is 4.92. The van der Waals surface area contributed by atoms with E-state index in [4.69, 9.17) is 32.7 Å². The lowest BCUT2D eigenvalue weighted by Gasteiger charge is -2.31. The molecule has 0 aromatic heterocycles. The van der Waals surface area contributed by atoms with Gasteiger partial charge in [-0.1, -0.05) is 35.3 Å². The van der Waals surface area contributed by atoms with E-state index < -0.39 is 12.2 Å². The van der Waals surface area contributed by atoms with Crippen LogP contribution in [0.3, 0.4) is 0 Å². The van der Waals surface area contributed by atoms with Crippen molar-refractivity contribution in [2.24, 2.45) is 0 Å². The van der Waals surface area contributed by atoms with Crippen molar-refractivity contribution in [1.82, 2.24) is 0 Å². The molecule has 2 atom stereocenters. The molecule has 114 valence electrons. The van der Waals surface area contributed by atoms with Crippen LogP contribution in [0.15, 0.2) is 42.5 Å². The number of amides is 1. The number of para-hydroxylation sites is 2. The molecule has 2 aromatic rings. The smallest absolute Gasteiger partial charge is 0.269 e. The summed E-state index contributed by atoms with van der Waals surface area (Å²) in [7, 11) is 0. The van der Waals surface area contributed by atoms with Crippen molar-refractivity contribution in [3.8, 4) is 11.5 Å². The highest BCUT2D eigenvalue weighted by Crippen LogP contribution is 2.34. The highest BCUT2D eigenvalue weighted by molar-refractivity contribution is 6.35. The molecule has 0 aliphatic carbocycles. The fourth-order valence-electron chi connectivity index (χ4n) is 2.20. The van der Waals surface area contributed by atoms with E-state index in [1.165, 1.54) is 0 Å². The molecule has 1 amide bonds. The number of carbonyl (C=O) groups excluding carboxylic acids is 1. The minimum absolute atomic E-state index is 0.342. The third-order valence-electron chi connectivity index (χ3n) is 3.29. The van der Waals surface area contributed by atoms with Crippen LogP contribution in [0.4, 0.5) is 5.69 Å². The Hall–Kier alpha value is -1.91. The van der Waals surface area contributed by atoms with Gasteiger partial charge in [0.2, 0.25) is 6.10 Å². The number of ether oxygens (including phenoxy) is 2. The van der Waals surface area contributed by atoms with E-state index in [0.717, 1.165) is 0 Å². The third kappa shape index (κ3) is 2.98. The van der Waals surface area contributed by atoms with Crippen molar-refractivity contribution in [1.29, 1.82) is 0 Å². The Morgan fingerprint density at radius 3 is 2.50 bits per heavy atom. The number of nitrogens with one attached hydrogen (secondary N) is 1. The molecule has 2 aromatic carbocycles. The molecule has 1 heterocycles. The summed E-state index contributed by atoms with van der Waals surface area (Å²) in [5.41, 5.74) is 0.439. The normalized spacial score (nSPS) is 19.6. The third-order valence-corrected chi connectivity index (χ3v) is 3.85. The first-order chi connectivity index (χ1) is 10.5. The predicted molar refractivity (Wildman–Crippen MR) is 86.0 cm³/mol. The number of halogens is 2. The quantitative estimate of drug-likeness (QED) is 0.894. The molecule has 1 aliphatic rings. The van der Waals surface area contributed by atoms with Gasteiger partial charge in [0.05, 0.1) is 10.7 Å². The maximum Gasteiger partial charge on any atom is 0.269 e. The fraction of sp³-hybridized carbons (Fsp3) is 0.188. The average Bonchev–Trinajstić information content (AvgIpc) is 2.50. The summed E-state index contributed by atoms with van der Waals surface area (Å²) < 4.78 is 11.4. The molecule has 0 radical (unpaired) electrons. The van der Waals surface area contributed by atoms with Gasteiger partial charge in [0.15, 0.2) is 11.5 Å². The lowest BCUT2D eigenvalue weighted by atomic mass is 10.1. The molecular formula is C16H13Cl2NO3. The van der Waals surface area contributed by atoms with Gasteiger partial charge in [0.25, 0.3) is 5.91 Å². The summed E-state index contributed by atoms with van der Waals surface area (Å²) in [6.45, 7) is 1.78. The standard InChI is InChI=1S/C16H13Cl2NO3/c1-9-15(22-14-5-3-2-4-13(14)21-9)16(20)19-12-8-10(17)6-7-11(12)18/h2-9,15H,1H3,(H,19,20). The lowest BCUT2D eigenvalue weighted by Crippen LogP contribution is -2.46. The average molecular weight is 338 g/mol. The second-order valence-corrected chi connectivity index (χ2v) is 5.77.